The second-order valence-electron chi connectivity index (χ2n) is 3.61. The molecule has 1 aliphatic rings. The minimum Gasteiger partial charge on any atom is -0.496 e. The molecule has 2 nitrogen and oxygen atoms in total. The van der Waals surface area contributed by atoms with Crippen molar-refractivity contribution in [3.8, 4) is 5.75 Å². The number of allylic oxidation sites excluding steroid dienone is 1. The predicted octanol–water partition coefficient (Wildman–Crippen LogP) is 2.75. The number of benzene rings is 1. The fourth-order valence-electron chi connectivity index (χ4n) is 2.02. The van der Waals surface area contributed by atoms with E-state index in [1.165, 1.54) is 16.7 Å². The zero-order valence-corrected chi connectivity index (χ0v) is 10.3. The van der Waals surface area contributed by atoms with E-state index in [0.29, 0.717) is 6.54 Å². The maximum atomic E-state index is 5.55. The number of aryl methyl sites for hydroxylation is 1. The van der Waals surface area contributed by atoms with Gasteiger partial charge in [0, 0.05) is 6.54 Å². The second-order valence-corrected chi connectivity index (χ2v) is 4.46. The molecule has 1 aromatic carbocycles. The third-order valence-corrected chi connectivity index (χ3v) is 3.37. The minimum atomic E-state index is 0.604. The van der Waals surface area contributed by atoms with Crippen LogP contribution in [0.25, 0.3) is 5.57 Å². The molecule has 0 amide bonds. The molecule has 2 N–H and O–H groups in total. The van der Waals surface area contributed by atoms with Crippen LogP contribution >= 0.6 is 15.9 Å². The Morgan fingerprint density at radius 1 is 1.47 bits per heavy atom. The number of fused-ring (bicyclic) bond motifs is 1. The van der Waals surface area contributed by atoms with Crippen molar-refractivity contribution in [3.05, 3.63) is 33.8 Å². The molecule has 0 heterocycles. The first-order chi connectivity index (χ1) is 7.26. The van der Waals surface area contributed by atoms with Crippen molar-refractivity contribution in [3.63, 3.8) is 0 Å². The maximum Gasteiger partial charge on any atom is 0.133 e. The molecule has 0 fully saturated rings. The standard InChI is InChI=1S/C12H14BrNO/c1-15-12-7-10-8(4-5-14)2-3-9(10)6-11(12)13/h4,6-7H,2-3,5,14H2,1H3. The molecule has 80 valence electrons. The Hall–Kier alpha value is -0.800. The Morgan fingerprint density at radius 3 is 2.93 bits per heavy atom. The topological polar surface area (TPSA) is 35.2 Å². The highest BCUT2D eigenvalue weighted by atomic mass is 79.9. The molecule has 0 saturated carbocycles. The summed E-state index contributed by atoms with van der Waals surface area (Å²) >= 11 is 3.50. The SMILES string of the molecule is COc1cc2c(cc1Br)CCC2=CCN. The predicted molar refractivity (Wildman–Crippen MR) is 66.0 cm³/mol. The van der Waals surface area contributed by atoms with E-state index in [9.17, 15) is 0 Å². The van der Waals surface area contributed by atoms with Crippen LogP contribution in [-0.4, -0.2) is 13.7 Å². The van der Waals surface area contributed by atoms with Crippen molar-refractivity contribution >= 4 is 21.5 Å². The number of hydrogen-bond acceptors (Lipinski definition) is 2. The number of methoxy groups -OCH3 is 1. The first kappa shape index (κ1) is 10.7. The molecule has 0 unspecified atom stereocenters. The largest absolute Gasteiger partial charge is 0.496 e. The van der Waals surface area contributed by atoms with Crippen molar-refractivity contribution in [2.24, 2.45) is 5.73 Å². The van der Waals surface area contributed by atoms with Gasteiger partial charge in [-0.15, -0.1) is 0 Å². The second kappa shape index (κ2) is 4.37. The van der Waals surface area contributed by atoms with Crippen molar-refractivity contribution < 1.29 is 4.74 Å². The Labute approximate surface area is 98.2 Å². The lowest BCUT2D eigenvalue weighted by Gasteiger charge is -2.07. The Kier molecular flexibility index (Phi) is 3.12. The van der Waals surface area contributed by atoms with Gasteiger partial charge in [0.25, 0.3) is 0 Å². The van der Waals surface area contributed by atoms with Crippen LogP contribution in [0.1, 0.15) is 17.5 Å². The van der Waals surface area contributed by atoms with E-state index in [-0.39, 0.29) is 0 Å². The molecule has 2 rings (SSSR count). The monoisotopic (exact) mass is 267 g/mol. The smallest absolute Gasteiger partial charge is 0.133 e. The molecule has 0 saturated heterocycles. The van der Waals surface area contributed by atoms with Gasteiger partial charge in [-0.1, -0.05) is 6.08 Å². The van der Waals surface area contributed by atoms with Gasteiger partial charge in [0.1, 0.15) is 5.75 Å². The van der Waals surface area contributed by atoms with Gasteiger partial charge in [-0.25, -0.2) is 0 Å². The summed E-state index contributed by atoms with van der Waals surface area (Å²) in [6.07, 6.45) is 4.29. The first-order valence-corrected chi connectivity index (χ1v) is 5.81. The highest BCUT2D eigenvalue weighted by Crippen LogP contribution is 2.38. The summed E-state index contributed by atoms with van der Waals surface area (Å²) in [5.41, 5.74) is 9.56. The van der Waals surface area contributed by atoms with Crippen LogP contribution in [-0.2, 0) is 6.42 Å². The lowest BCUT2D eigenvalue weighted by Crippen LogP contribution is -1.95. The van der Waals surface area contributed by atoms with E-state index < -0.39 is 0 Å². The number of ether oxygens (including phenoxy) is 1. The van der Waals surface area contributed by atoms with E-state index in [2.05, 4.69) is 34.1 Å². The number of nitrogens with two attached hydrogens (primary N) is 1. The fourth-order valence-corrected chi connectivity index (χ4v) is 2.57. The Bertz CT molecular complexity index is 412. The lowest BCUT2D eigenvalue weighted by atomic mass is 10.1. The van der Waals surface area contributed by atoms with Crippen molar-refractivity contribution in [1.29, 1.82) is 0 Å². The summed E-state index contributed by atoms with van der Waals surface area (Å²) in [5, 5.41) is 0. The molecule has 0 aromatic heterocycles. The molecule has 0 aliphatic heterocycles. The third kappa shape index (κ3) is 1.94. The van der Waals surface area contributed by atoms with Crippen LogP contribution in [0.15, 0.2) is 22.7 Å². The Balaban J connectivity index is 2.49. The molecule has 0 atom stereocenters. The molecular weight excluding hydrogens is 254 g/mol. The summed E-state index contributed by atoms with van der Waals surface area (Å²) in [6, 6.07) is 4.24. The first-order valence-electron chi connectivity index (χ1n) is 5.02. The molecular formula is C12H14BrNO. The third-order valence-electron chi connectivity index (χ3n) is 2.75. The summed E-state index contributed by atoms with van der Waals surface area (Å²) in [4.78, 5) is 0. The van der Waals surface area contributed by atoms with E-state index in [4.69, 9.17) is 10.5 Å². The molecule has 0 bridgehead atoms. The summed E-state index contributed by atoms with van der Waals surface area (Å²) < 4.78 is 6.32. The minimum absolute atomic E-state index is 0.604. The lowest BCUT2D eigenvalue weighted by molar-refractivity contribution is 0.412. The van der Waals surface area contributed by atoms with Gasteiger partial charge in [-0.05, 0) is 57.6 Å². The average molecular weight is 268 g/mol. The molecule has 0 spiro atoms. The van der Waals surface area contributed by atoms with Crippen LogP contribution in [0.3, 0.4) is 0 Å². The van der Waals surface area contributed by atoms with Gasteiger partial charge in [-0.2, -0.15) is 0 Å². The van der Waals surface area contributed by atoms with Crippen LogP contribution in [0.2, 0.25) is 0 Å². The molecule has 1 aliphatic carbocycles. The van der Waals surface area contributed by atoms with Gasteiger partial charge < -0.3 is 10.5 Å². The van der Waals surface area contributed by atoms with Crippen molar-refractivity contribution in [2.75, 3.05) is 13.7 Å². The van der Waals surface area contributed by atoms with E-state index in [0.717, 1.165) is 23.1 Å². The van der Waals surface area contributed by atoms with Gasteiger partial charge in [0.15, 0.2) is 0 Å². The van der Waals surface area contributed by atoms with Crippen LogP contribution < -0.4 is 10.5 Å². The fraction of sp³-hybridized carbons (Fsp3) is 0.333. The highest BCUT2D eigenvalue weighted by Gasteiger charge is 2.18. The van der Waals surface area contributed by atoms with Gasteiger partial charge in [-0.3, -0.25) is 0 Å². The normalized spacial score (nSPS) is 16.9. The van der Waals surface area contributed by atoms with Crippen LogP contribution in [0, 0.1) is 0 Å². The van der Waals surface area contributed by atoms with Crippen molar-refractivity contribution in [1.82, 2.24) is 0 Å². The molecule has 1 aromatic rings. The average Bonchev–Trinajstić information content (AvgIpc) is 2.60. The van der Waals surface area contributed by atoms with Gasteiger partial charge in [0.05, 0.1) is 11.6 Å². The number of rotatable bonds is 2. The van der Waals surface area contributed by atoms with E-state index in [1.807, 2.05) is 0 Å². The molecule has 3 heteroatoms. The number of hydrogen-bond donors (Lipinski definition) is 1. The summed E-state index contributed by atoms with van der Waals surface area (Å²) in [6.45, 7) is 0.604. The van der Waals surface area contributed by atoms with Crippen LogP contribution in [0.4, 0.5) is 0 Å². The molecule has 15 heavy (non-hydrogen) atoms. The molecule has 0 radical (unpaired) electrons. The zero-order valence-electron chi connectivity index (χ0n) is 8.72. The van der Waals surface area contributed by atoms with Gasteiger partial charge >= 0.3 is 0 Å². The van der Waals surface area contributed by atoms with Gasteiger partial charge in [0.2, 0.25) is 0 Å². The quantitative estimate of drug-likeness (QED) is 0.895. The zero-order chi connectivity index (χ0) is 10.8. The van der Waals surface area contributed by atoms with Crippen LogP contribution in [0.5, 0.6) is 5.75 Å². The van der Waals surface area contributed by atoms with E-state index >= 15 is 0 Å². The Morgan fingerprint density at radius 2 is 2.27 bits per heavy atom. The van der Waals surface area contributed by atoms with Crippen molar-refractivity contribution in [2.45, 2.75) is 12.8 Å². The number of halogens is 1. The summed E-state index contributed by atoms with van der Waals surface area (Å²) in [7, 11) is 1.69. The van der Waals surface area contributed by atoms with E-state index in [1.54, 1.807) is 7.11 Å². The summed E-state index contributed by atoms with van der Waals surface area (Å²) in [5.74, 6) is 0.888. The maximum absolute atomic E-state index is 5.55. The highest BCUT2D eigenvalue weighted by molar-refractivity contribution is 9.10.